The standard InChI is InChI=1S/C20H23N5O/c1-14-12-16(3)23-19(17(14)13-21)24-8-5-9-25(11-10-24)20(26)18-7-4-6-15(2)22-18/h4,6-7,12H,5,8-11H2,1-3H3. The van der Waals surface area contributed by atoms with Gasteiger partial charge in [0.25, 0.3) is 5.91 Å². The largest absolute Gasteiger partial charge is 0.354 e. The minimum Gasteiger partial charge on any atom is -0.354 e. The fraction of sp³-hybridized carbons (Fsp3) is 0.400. The van der Waals surface area contributed by atoms with Crippen LogP contribution in [0.4, 0.5) is 5.82 Å². The maximum absolute atomic E-state index is 12.8. The highest BCUT2D eigenvalue weighted by atomic mass is 16.2. The summed E-state index contributed by atoms with van der Waals surface area (Å²) in [5.41, 5.74) is 3.79. The Kier molecular flexibility index (Phi) is 5.17. The lowest BCUT2D eigenvalue weighted by Crippen LogP contribution is -2.36. The maximum Gasteiger partial charge on any atom is 0.272 e. The van der Waals surface area contributed by atoms with Gasteiger partial charge in [-0.1, -0.05) is 6.07 Å². The molecular weight excluding hydrogens is 326 g/mol. The Hall–Kier alpha value is -2.94. The summed E-state index contributed by atoms with van der Waals surface area (Å²) in [4.78, 5) is 25.7. The van der Waals surface area contributed by atoms with E-state index in [4.69, 9.17) is 0 Å². The Morgan fingerprint density at radius 2 is 1.88 bits per heavy atom. The summed E-state index contributed by atoms with van der Waals surface area (Å²) in [7, 11) is 0. The van der Waals surface area contributed by atoms with E-state index in [9.17, 15) is 10.1 Å². The number of anilines is 1. The van der Waals surface area contributed by atoms with Crippen LogP contribution < -0.4 is 4.90 Å². The second-order valence-corrected chi connectivity index (χ2v) is 6.69. The van der Waals surface area contributed by atoms with Crippen LogP contribution in [0.2, 0.25) is 0 Å². The lowest BCUT2D eigenvalue weighted by atomic mass is 10.1. The quantitative estimate of drug-likeness (QED) is 0.833. The summed E-state index contributed by atoms with van der Waals surface area (Å²) in [6, 6.07) is 9.72. The summed E-state index contributed by atoms with van der Waals surface area (Å²) in [6.07, 6.45) is 0.830. The van der Waals surface area contributed by atoms with Crippen LogP contribution in [0.1, 0.15) is 39.4 Å². The van der Waals surface area contributed by atoms with Gasteiger partial charge in [-0.25, -0.2) is 9.97 Å². The number of aromatic nitrogens is 2. The smallest absolute Gasteiger partial charge is 0.272 e. The number of nitrogens with zero attached hydrogens (tertiary/aromatic N) is 5. The Bertz CT molecular complexity index is 871. The summed E-state index contributed by atoms with van der Waals surface area (Å²) < 4.78 is 0. The molecule has 0 N–H and O–H groups in total. The van der Waals surface area contributed by atoms with Crippen molar-refractivity contribution in [1.29, 1.82) is 5.26 Å². The molecule has 0 radical (unpaired) electrons. The van der Waals surface area contributed by atoms with E-state index in [1.807, 2.05) is 43.9 Å². The molecule has 1 amide bonds. The van der Waals surface area contributed by atoms with E-state index in [-0.39, 0.29) is 5.91 Å². The number of pyridine rings is 2. The molecule has 1 fully saturated rings. The summed E-state index contributed by atoms with van der Waals surface area (Å²) in [5, 5.41) is 9.52. The molecule has 26 heavy (non-hydrogen) atoms. The Morgan fingerprint density at radius 1 is 1.08 bits per heavy atom. The van der Waals surface area contributed by atoms with Gasteiger partial charge in [0, 0.05) is 37.6 Å². The number of hydrogen-bond donors (Lipinski definition) is 0. The van der Waals surface area contributed by atoms with E-state index in [0.29, 0.717) is 30.9 Å². The van der Waals surface area contributed by atoms with E-state index < -0.39 is 0 Å². The van der Waals surface area contributed by atoms with Crippen molar-refractivity contribution in [2.24, 2.45) is 0 Å². The Balaban J connectivity index is 1.79. The normalized spacial score (nSPS) is 14.7. The molecule has 1 aliphatic heterocycles. The first-order chi connectivity index (χ1) is 12.5. The zero-order valence-electron chi connectivity index (χ0n) is 15.5. The Labute approximate surface area is 154 Å². The van der Waals surface area contributed by atoms with E-state index in [0.717, 1.165) is 35.7 Å². The Morgan fingerprint density at radius 3 is 2.62 bits per heavy atom. The van der Waals surface area contributed by atoms with Crippen molar-refractivity contribution in [3.05, 3.63) is 52.5 Å². The molecule has 0 saturated carbocycles. The van der Waals surface area contributed by atoms with Gasteiger partial charge in [0.15, 0.2) is 0 Å². The maximum atomic E-state index is 12.8. The zero-order valence-corrected chi connectivity index (χ0v) is 15.5. The van der Waals surface area contributed by atoms with E-state index in [2.05, 4.69) is 20.9 Å². The van der Waals surface area contributed by atoms with Crippen LogP contribution in [-0.2, 0) is 0 Å². The molecular formula is C20H23N5O. The molecule has 0 aromatic carbocycles. The molecule has 6 heteroatoms. The number of rotatable bonds is 2. The van der Waals surface area contributed by atoms with E-state index in [1.165, 1.54) is 0 Å². The molecule has 3 rings (SSSR count). The molecule has 3 heterocycles. The topological polar surface area (TPSA) is 73.1 Å². The number of aryl methyl sites for hydroxylation is 3. The van der Waals surface area contributed by atoms with Crippen molar-refractivity contribution in [2.75, 3.05) is 31.1 Å². The second kappa shape index (κ2) is 7.52. The molecule has 134 valence electrons. The van der Waals surface area contributed by atoms with Crippen molar-refractivity contribution in [3.8, 4) is 6.07 Å². The van der Waals surface area contributed by atoms with Crippen molar-refractivity contribution in [2.45, 2.75) is 27.2 Å². The van der Waals surface area contributed by atoms with Gasteiger partial charge in [-0.05, 0) is 51.0 Å². The molecule has 0 spiro atoms. The third-order valence-electron chi connectivity index (χ3n) is 4.63. The first-order valence-electron chi connectivity index (χ1n) is 8.86. The van der Waals surface area contributed by atoms with Crippen LogP contribution in [0, 0.1) is 32.1 Å². The minimum atomic E-state index is -0.0376. The van der Waals surface area contributed by atoms with Gasteiger partial charge >= 0.3 is 0 Å². The van der Waals surface area contributed by atoms with Gasteiger partial charge in [0.05, 0.1) is 5.56 Å². The number of carbonyl (C=O) groups is 1. The molecule has 0 atom stereocenters. The third-order valence-corrected chi connectivity index (χ3v) is 4.63. The number of amides is 1. The number of hydrogen-bond acceptors (Lipinski definition) is 5. The van der Waals surface area contributed by atoms with E-state index >= 15 is 0 Å². The van der Waals surface area contributed by atoms with Crippen LogP contribution in [0.5, 0.6) is 0 Å². The van der Waals surface area contributed by atoms with Gasteiger partial charge < -0.3 is 9.80 Å². The van der Waals surface area contributed by atoms with Crippen LogP contribution in [0.15, 0.2) is 24.3 Å². The fourth-order valence-electron chi connectivity index (χ4n) is 3.34. The van der Waals surface area contributed by atoms with Crippen LogP contribution in [-0.4, -0.2) is 47.0 Å². The minimum absolute atomic E-state index is 0.0376. The molecule has 1 aliphatic rings. The van der Waals surface area contributed by atoms with Gasteiger partial charge in [-0.2, -0.15) is 5.26 Å². The van der Waals surface area contributed by atoms with Crippen LogP contribution >= 0.6 is 0 Å². The predicted molar refractivity (Wildman–Crippen MR) is 100 cm³/mol. The first kappa shape index (κ1) is 17.9. The third kappa shape index (κ3) is 3.67. The zero-order chi connectivity index (χ0) is 18.7. The van der Waals surface area contributed by atoms with Crippen molar-refractivity contribution < 1.29 is 4.79 Å². The lowest BCUT2D eigenvalue weighted by Gasteiger charge is -2.24. The average molecular weight is 349 g/mol. The van der Waals surface area contributed by atoms with Crippen LogP contribution in [0.25, 0.3) is 0 Å². The second-order valence-electron chi connectivity index (χ2n) is 6.69. The highest BCUT2D eigenvalue weighted by Crippen LogP contribution is 2.23. The monoisotopic (exact) mass is 349 g/mol. The molecule has 0 unspecified atom stereocenters. The van der Waals surface area contributed by atoms with Gasteiger partial charge in [-0.3, -0.25) is 4.79 Å². The summed E-state index contributed by atoms with van der Waals surface area (Å²) in [5.74, 6) is 0.692. The van der Waals surface area contributed by atoms with E-state index in [1.54, 1.807) is 6.07 Å². The van der Waals surface area contributed by atoms with Crippen LogP contribution in [0.3, 0.4) is 0 Å². The van der Waals surface area contributed by atoms with Gasteiger partial charge in [0.2, 0.25) is 0 Å². The SMILES string of the molecule is Cc1cccc(C(=O)N2CCCN(c3nc(C)cc(C)c3C#N)CC2)n1. The highest BCUT2D eigenvalue weighted by molar-refractivity contribution is 5.92. The van der Waals surface area contributed by atoms with Crippen molar-refractivity contribution in [1.82, 2.24) is 14.9 Å². The molecule has 0 bridgehead atoms. The fourth-order valence-corrected chi connectivity index (χ4v) is 3.34. The van der Waals surface area contributed by atoms with Crippen molar-refractivity contribution in [3.63, 3.8) is 0 Å². The summed E-state index contributed by atoms with van der Waals surface area (Å²) in [6.45, 7) is 8.46. The van der Waals surface area contributed by atoms with Gasteiger partial charge in [0.1, 0.15) is 17.6 Å². The molecule has 1 saturated heterocycles. The summed E-state index contributed by atoms with van der Waals surface area (Å²) >= 11 is 0. The number of carbonyl (C=O) groups excluding carboxylic acids is 1. The highest BCUT2D eigenvalue weighted by Gasteiger charge is 2.23. The first-order valence-corrected chi connectivity index (χ1v) is 8.86. The predicted octanol–water partition coefficient (Wildman–Crippen LogP) is 2.63. The average Bonchev–Trinajstić information content (AvgIpc) is 2.86. The van der Waals surface area contributed by atoms with Crippen molar-refractivity contribution >= 4 is 11.7 Å². The molecule has 2 aromatic heterocycles. The lowest BCUT2D eigenvalue weighted by molar-refractivity contribution is 0.0761. The number of nitriles is 1. The molecule has 2 aromatic rings. The molecule has 0 aliphatic carbocycles. The molecule has 6 nitrogen and oxygen atoms in total. The van der Waals surface area contributed by atoms with Gasteiger partial charge in [-0.15, -0.1) is 0 Å².